The molecule has 11 heteroatoms. The highest BCUT2D eigenvalue weighted by Gasteiger charge is 2.24. The number of piperazine rings is 1. The minimum atomic E-state index is 0.266. The van der Waals surface area contributed by atoms with Gasteiger partial charge in [0.15, 0.2) is 11.8 Å². The van der Waals surface area contributed by atoms with Crippen molar-refractivity contribution in [2.24, 2.45) is 12.0 Å². The maximum Gasteiger partial charge on any atom is 0.205 e. The van der Waals surface area contributed by atoms with Gasteiger partial charge in [-0.05, 0) is 19.8 Å². The molecule has 0 aromatic carbocycles. The molecule has 4 heterocycles. The Balaban J connectivity index is 1.40. The maximum absolute atomic E-state index is 5.78. The van der Waals surface area contributed by atoms with Crippen LogP contribution in [0.15, 0.2) is 4.99 Å². The van der Waals surface area contributed by atoms with Gasteiger partial charge >= 0.3 is 0 Å². The van der Waals surface area contributed by atoms with Crippen molar-refractivity contribution in [2.75, 3.05) is 44.2 Å². The summed E-state index contributed by atoms with van der Waals surface area (Å²) in [5, 5.41) is 12.9. The van der Waals surface area contributed by atoms with E-state index in [1.165, 1.54) is 11.5 Å². The normalized spacial score (nSPS) is 20.2. The van der Waals surface area contributed by atoms with E-state index in [1.807, 2.05) is 18.5 Å². The predicted molar refractivity (Wildman–Crippen MR) is 117 cm³/mol. The summed E-state index contributed by atoms with van der Waals surface area (Å²) in [6, 6.07) is 0. The zero-order valence-corrected chi connectivity index (χ0v) is 18.9. The molecule has 0 radical (unpaired) electrons. The number of aliphatic imine (C=N–C) groups is 1. The van der Waals surface area contributed by atoms with Crippen LogP contribution in [0.5, 0.6) is 0 Å². The zero-order chi connectivity index (χ0) is 20.9. The van der Waals surface area contributed by atoms with Crippen LogP contribution in [-0.2, 0) is 24.8 Å². The van der Waals surface area contributed by atoms with E-state index in [0.29, 0.717) is 6.54 Å². The minimum absolute atomic E-state index is 0.266. The quantitative estimate of drug-likeness (QED) is 0.532. The van der Waals surface area contributed by atoms with Gasteiger partial charge in [0.25, 0.3) is 0 Å². The highest BCUT2D eigenvalue weighted by Crippen LogP contribution is 2.19. The van der Waals surface area contributed by atoms with E-state index in [1.54, 1.807) is 0 Å². The second-order valence-electron chi connectivity index (χ2n) is 7.70. The Kier molecular flexibility index (Phi) is 6.78. The molecule has 2 saturated heterocycles. The van der Waals surface area contributed by atoms with Crippen molar-refractivity contribution in [3.05, 3.63) is 17.5 Å². The third-order valence-electron chi connectivity index (χ3n) is 5.69. The van der Waals surface area contributed by atoms with Crippen LogP contribution in [0.4, 0.5) is 5.13 Å². The minimum Gasteiger partial charge on any atom is -0.376 e. The number of rotatable bonds is 6. The monoisotopic (exact) mass is 433 g/mol. The van der Waals surface area contributed by atoms with Crippen molar-refractivity contribution < 1.29 is 4.74 Å². The molecule has 30 heavy (non-hydrogen) atoms. The van der Waals surface area contributed by atoms with Gasteiger partial charge in [0.1, 0.15) is 18.2 Å². The number of aryl methyl sites for hydroxylation is 2. The summed E-state index contributed by atoms with van der Waals surface area (Å²) in [4.78, 5) is 14.1. The largest absolute Gasteiger partial charge is 0.376 e. The molecule has 0 spiro atoms. The zero-order valence-electron chi connectivity index (χ0n) is 18.0. The van der Waals surface area contributed by atoms with Crippen molar-refractivity contribution in [1.82, 2.24) is 34.3 Å². The van der Waals surface area contributed by atoms with Crippen LogP contribution in [0.3, 0.4) is 0 Å². The van der Waals surface area contributed by atoms with Crippen LogP contribution in [-0.4, -0.2) is 80.4 Å². The van der Waals surface area contributed by atoms with Gasteiger partial charge in [-0.1, -0.05) is 6.92 Å². The Hall–Kier alpha value is -2.27. The molecule has 1 N–H and O–H groups in total. The summed E-state index contributed by atoms with van der Waals surface area (Å²) in [5.41, 5.74) is 0. The molecule has 10 nitrogen and oxygen atoms in total. The Bertz CT molecular complexity index is 850. The topological polar surface area (TPSA) is 96.6 Å². The summed E-state index contributed by atoms with van der Waals surface area (Å²) in [6.07, 6.45) is 3.38. The number of ether oxygens (including phenoxy) is 1. The summed E-state index contributed by atoms with van der Waals surface area (Å²) in [7, 11) is 1.98. The molecule has 2 aromatic rings. The van der Waals surface area contributed by atoms with E-state index in [-0.39, 0.29) is 6.10 Å². The van der Waals surface area contributed by atoms with Gasteiger partial charge in [0.05, 0.1) is 6.10 Å². The Morgan fingerprint density at radius 2 is 2.10 bits per heavy atom. The molecular weight excluding hydrogens is 402 g/mol. The standard InChI is InChI=1S/C19H31N9OS/c1-4-16-22-19(30-25-16)28-9-7-27(8-10-28)18(20-12-15-6-5-11-29-15)21-13-17-24-23-14(2)26(17)3/h15H,4-13H2,1-3H3,(H,20,21). The van der Waals surface area contributed by atoms with Crippen molar-refractivity contribution in [3.8, 4) is 0 Å². The number of aromatic nitrogens is 5. The fourth-order valence-corrected chi connectivity index (χ4v) is 4.44. The van der Waals surface area contributed by atoms with Gasteiger partial charge < -0.3 is 24.4 Å². The second kappa shape index (κ2) is 9.69. The molecule has 2 fully saturated rings. The first-order valence-corrected chi connectivity index (χ1v) is 11.5. The molecule has 1 unspecified atom stereocenters. The summed E-state index contributed by atoms with van der Waals surface area (Å²) in [5.74, 6) is 3.60. The van der Waals surface area contributed by atoms with Crippen molar-refractivity contribution >= 4 is 22.6 Å². The Morgan fingerprint density at radius 3 is 2.73 bits per heavy atom. The van der Waals surface area contributed by atoms with Crippen LogP contribution >= 0.6 is 11.5 Å². The molecule has 4 rings (SSSR count). The van der Waals surface area contributed by atoms with Crippen LogP contribution in [0.2, 0.25) is 0 Å². The third kappa shape index (κ3) is 4.89. The van der Waals surface area contributed by atoms with Gasteiger partial charge in [-0.2, -0.15) is 4.37 Å². The van der Waals surface area contributed by atoms with Crippen molar-refractivity contribution in [1.29, 1.82) is 0 Å². The SMILES string of the molecule is CCc1nsc(N2CCN(C(=NCc3nnc(C)n3C)NCC3CCCO3)CC2)n1. The first kappa shape index (κ1) is 21.0. The van der Waals surface area contributed by atoms with Crippen molar-refractivity contribution in [2.45, 2.75) is 45.8 Å². The van der Waals surface area contributed by atoms with Gasteiger partial charge in [0, 0.05) is 64.3 Å². The van der Waals surface area contributed by atoms with Crippen LogP contribution in [0, 0.1) is 6.92 Å². The number of anilines is 1. The fraction of sp³-hybridized carbons (Fsp3) is 0.737. The molecule has 2 aliphatic heterocycles. The van der Waals surface area contributed by atoms with Gasteiger partial charge in [0.2, 0.25) is 5.13 Å². The lowest BCUT2D eigenvalue weighted by atomic mass is 10.2. The number of guanidine groups is 1. The number of hydrogen-bond acceptors (Lipinski definition) is 8. The second-order valence-corrected chi connectivity index (χ2v) is 8.43. The lowest BCUT2D eigenvalue weighted by Gasteiger charge is -2.36. The lowest BCUT2D eigenvalue weighted by molar-refractivity contribution is 0.113. The van der Waals surface area contributed by atoms with Crippen LogP contribution in [0.1, 0.15) is 37.2 Å². The van der Waals surface area contributed by atoms with Crippen LogP contribution < -0.4 is 10.2 Å². The van der Waals surface area contributed by atoms with Gasteiger partial charge in [-0.15, -0.1) is 10.2 Å². The average Bonchev–Trinajstić information content (AvgIpc) is 3.52. The Morgan fingerprint density at radius 1 is 1.27 bits per heavy atom. The highest BCUT2D eigenvalue weighted by atomic mass is 32.1. The molecular formula is C19H31N9OS. The van der Waals surface area contributed by atoms with Crippen LogP contribution in [0.25, 0.3) is 0 Å². The van der Waals surface area contributed by atoms with E-state index in [2.05, 4.69) is 41.6 Å². The number of nitrogens with one attached hydrogen (secondary N) is 1. The summed E-state index contributed by atoms with van der Waals surface area (Å²) >= 11 is 1.49. The molecule has 1 atom stereocenters. The highest BCUT2D eigenvalue weighted by molar-refractivity contribution is 7.09. The third-order valence-corrected chi connectivity index (χ3v) is 6.50. The first-order valence-electron chi connectivity index (χ1n) is 10.7. The molecule has 0 amide bonds. The average molecular weight is 434 g/mol. The van der Waals surface area contributed by atoms with E-state index in [9.17, 15) is 0 Å². The van der Waals surface area contributed by atoms with Gasteiger partial charge in [-0.3, -0.25) is 0 Å². The number of nitrogens with zero attached hydrogens (tertiary/aromatic N) is 8. The summed E-state index contributed by atoms with van der Waals surface area (Å²) in [6.45, 7) is 9.76. The number of hydrogen-bond donors (Lipinski definition) is 1. The maximum atomic E-state index is 5.78. The first-order chi connectivity index (χ1) is 14.6. The molecule has 2 aromatic heterocycles. The Labute approximate surface area is 181 Å². The lowest BCUT2D eigenvalue weighted by Crippen LogP contribution is -2.53. The molecule has 0 bridgehead atoms. The van der Waals surface area contributed by atoms with E-state index in [0.717, 1.165) is 87.2 Å². The summed E-state index contributed by atoms with van der Waals surface area (Å²) < 4.78 is 12.2. The molecule has 0 saturated carbocycles. The fourth-order valence-electron chi connectivity index (χ4n) is 3.64. The van der Waals surface area contributed by atoms with E-state index in [4.69, 9.17) is 9.73 Å². The van der Waals surface area contributed by atoms with E-state index < -0.39 is 0 Å². The van der Waals surface area contributed by atoms with Gasteiger partial charge in [-0.25, -0.2) is 9.98 Å². The predicted octanol–water partition coefficient (Wildman–Crippen LogP) is 0.984. The van der Waals surface area contributed by atoms with E-state index >= 15 is 0 Å². The molecule has 164 valence electrons. The smallest absolute Gasteiger partial charge is 0.205 e. The molecule has 0 aliphatic carbocycles. The van der Waals surface area contributed by atoms with Crippen molar-refractivity contribution in [3.63, 3.8) is 0 Å². The molecule has 2 aliphatic rings.